The summed E-state index contributed by atoms with van der Waals surface area (Å²) in [7, 11) is 0. The van der Waals surface area contributed by atoms with Crippen molar-refractivity contribution < 1.29 is 13.9 Å². The molecule has 182 valence electrons. The van der Waals surface area contributed by atoms with Crippen molar-refractivity contribution in [3.8, 4) is 0 Å². The normalized spacial score (nSPS) is 19.2. The summed E-state index contributed by atoms with van der Waals surface area (Å²) >= 11 is 1.34. The van der Waals surface area contributed by atoms with Crippen LogP contribution in [0.5, 0.6) is 0 Å². The average Bonchev–Trinajstić information content (AvgIpc) is 3.64. The van der Waals surface area contributed by atoms with Crippen LogP contribution in [0.2, 0.25) is 0 Å². The molecular weight excluding hydrogens is 453 g/mol. The summed E-state index contributed by atoms with van der Waals surface area (Å²) in [5, 5.41) is 3.01. The lowest BCUT2D eigenvalue weighted by atomic mass is 9.93. The van der Waals surface area contributed by atoms with Crippen molar-refractivity contribution in [1.82, 2.24) is 4.98 Å². The molecule has 1 aromatic heterocycles. The van der Waals surface area contributed by atoms with E-state index in [0.717, 1.165) is 43.4 Å². The molecule has 1 saturated carbocycles. The maximum atomic E-state index is 13.4. The van der Waals surface area contributed by atoms with Crippen molar-refractivity contribution in [2.24, 2.45) is 5.41 Å². The number of carbonyl (C=O) groups is 1. The summed E-state index contributed by atoms with van der Waals surface area (Å²) in [4.78, 5) is 22.6. The molecule has 7 nitrogen and oxygen atoms in total. The number of morpholine rings is 1. The van der Waals surface area contributed by atoms with E-state index in [1.165, 1.54) is 37.6 Å². The van der Waals surface area contributed by atoms with Crippen LogP contribution >= 0.6 is 11.9 Å². The van der Waals surface area contributed by atoms with Gasteiger partial charge in [-0.1, -0.05) is 6.07 Å². The number of aromatic nitrogens is 1. The van der Waals surface area contributed by atoms with Crippen molar-refractivity contribution in [2.45, 2.75) is 25.7 Å². The highest BCUT2D eigenvalue weighted by molar-refractivity contribution is 8.00. The van der Waals surface area contributed by atoms with Crippen LogP contribution < -0.4 is 19.8 Å². The fourth-order valence-corrected chi connectivity index (χ4v) is 5.24. The first-order valence-electron chi connectivity index (χ1n) is 12.1. The van der Waals surface area contributed by atoms with Crippen molar-refractivity contribution in [2.75, 3.05) is 71.7 Å². The number of ether oxygens (including phenoxy) is 1. The Labute approximate surface area is 204 Å². The molecule has 0 unspecified atom stereocenters. The zero-order valence-corrected chi connectivity index (χ0v) is 20.2. The second-order valence-corrected chi connectivity index (χ2v) is 10.2. The fourth-order valence-electron chi connectivity index (χ4n) is 4.77. The Morgan fingerprint density at radius 2 is 1.85 bits per heavy atom. The Morgan fingerprint density at radius 3 is 2.59 bits per heavy atom. The summed E-state index contributed by atoms with van der Waals surface area (Å²) in [5.41, 5.74) is 2.98. The van der Waals surface area contributed by atoms with Gasteiger partial charge in [0.2, 0.25) is 0 Å². The van der Waals surface area contributed by atoms with Crippen LogP contribution in [0.4, 0.5) is 27.4 Å². The molecule has 0 radical (unpaired) electrons. The van der Waals surface area contributed by atoms with Crippen LogP contribution in [0.1, 0.15) is 36.0 Å². The van der Waals surface area contributed by atoms with Crippen LogP contribution in [0.3, 0.4) is 0 Å². The van der Waals surface area contributed by atoms with Crippen LogP contribution in [0.25, 0.3) is 0 Å². The van der Waals surface area contributed by atoms with Crippen molar-refractivity contribution >= 4 is 40.9 Å². The maximum absolute atomic E-state index is 13.4. The van der Waals surface area contributed by atoms with Gasteiger partial charge in [0.15, 0.2) is 0 Å². The topological polar surface area (TPSA) is 69.7 Å². The molecule has 1 aliphatic carbocycles. The number of amides is 1. The van der Waals surface area contributed by atoms with E-state index in [4.69, 9.17) is 4.74 Å². The van der Waals surface area contributed by atoms with E-state index in [1.807, 2.05) is 36.4 Å². The number of benzene rings is 1. The van der Waals surface area contributed by atoms with E-state index in [9.17, 15) is 9.18 Å². The lowest BCUT2D eigenvalue weighted by Gasteiger charge is -2.35. The number of hydrogen-bond acceptors (Lipinski definition) is 7. The molecule has 2 N–H and O–H groups in total. The Bertz CT molecular complexity index is 1000. The van der Waals surface area contributed by atoms with Gasteiger partial charge < -0.3 is 24.6 Å². The molecule has 5 rings (SSSR count). The number of piperidine rings is 1. The Kier molecular flexibility index (Phi) is 7.10. The minimum Gasteiger partial charge on any atom is -0.378 e. The molecule has 3 aliphatic rings. The minimum absolute atomic E-state index is 0.170. The highest BCUT2D eigenvalue weighted by atomic mass is 32.2. The van der Waals surface area contributed by atoms with Gasteiger partial charge in [0.25, 0.3) is 5.91 Å². The van der Waals surface area contributed by atoms with Crippen LogP contribution in [-0.4, -0.2) is 62.7 Å². The van der Waals surface area contributed by atoms with Gasteiger partial charge in [-0.05, 0) is 73.4 Å². The summed E-state index contributed by atoms with van der Waals surface area (Å²) in [5.74, 6) is 1.60. The molecule has 0 bridgehead atoms. The van der Waals surface area contributed by atoms with E-state index in [0.29, 0.717) is 35.8 Å². The third kappa shape index (κ3) is 5.41. The number of halogens is 1. The van der Waals surface area contributed by atoms with E-state index in [2.05, 4.69) is 24.8 Å². The summed E-state index contributed by atoms with van der Waals surface area (Å²) in [6.45, 7) is 4.47. The van der Waals surface area contributed by atoms with Gasteiger partial charge in [0, 0.05) is 37.6 Å². The zero-order chi connectivity index (χ0) is 23.4. The molecular formula is C25H32FN5O2S. The van der Waals surface area contributed by atoms with E-state index >= 15 is 0 Å². The second kappa shape index (κ2) is 10.4. The third-order valence-corrected chi connectivity index (χ3v) is 7.78. The SMILES string of the molecule is O=C(Nc1cccc(N2CCOCC2)n1)c1ccc(NSCCF)cc1N1CCC2(CC1)CC2. The van der Waals surface area contributed by atoms with Crippen molar-refractivity contribution in [3.05, 3.63) is 42.0 Å². The number of nitrogens with zero attached hydrogens (tertiary/aromatic N) is 3. The first kappa shape index (κ1) is 23.2. The van der Waals surface area contributed by atoms with Crippen molar-refractivity contribution in [1.29, 1.82) is 0 Å². The molecule has 9 heteroatoms. The lowest BCUT2D eigenvalue weighted by molar-refractivity contribution is 0.102. The molecule has 34 heavy (non-hydrogen) atoms. The Balaban J connectivity index is 1.34. The van der Waals surface area contributed by atoms with Crippen LogP contribution in [-0.2, 0) is 4.74 Å². The maximum Gasteiger partial charge on any atom is 0.258 e. The van der Waals surface area contributed by atoms with Gasteiger partial charge in [-0.25, -0.2) is 4.98 Å². The predicted molar refractivity (Wildman–Crippen MR) is 137 cm³/mol. The number of pyridine rings is 1. The third-order valence-electron chi connectivity index (χ3n) is 7.04. The first-order valence-corrected chi connectivity index (χ1v) is 13.1. The minimum atomic E-state index is -0.379. The molecule has 2 aromatic rings. The van der Waals surface area contributed by atoms with E-state index < -0.39 is 0 Å². The van der Waals surface area contributed by atoms with Gasteiger partial charge in [0.1, 0.15) is 18.3 Å². The number of carbonyl (C=O) groups excluding carboxylic acids is 1. The Hall–Kier alpha value is -2.52. The number of alkyl halides is 1. The second-order valence-electron chi connectivity index (χ2n) is 9.29. The van der Waals surface area contributed by atoms with Gasteiger partial charge in [-0.2, -0.15) is 0 Å². The quantitative estimate of drug-likeness (QED) is 0.419. The molecule has 0 atom stereocenters. The summed E-state index contributed by atoms with van der Waals surface area (Å²) in [6.07, 6.45) is 5.01. The van der Waals surface area contributed by atoms with Crippen molar-refractivity contribution in [3.63, 3.8) is 0 Å². The highest BCUT2D eigenvalue weighted by Gasteiger charge is 2.44. The van der Waals surface area contributed by atoms with Gasteiger partial charge in [-0.3, -0.25) is 9.18 Å². The largest absolute Gasteiger partial charge is 0.378 e. The standard InChI is InChI=1S/C25H32FN5O2S/c26-10-17-34-29-19-4-5-20(21(18-19)30-11-8-25(6-7-25)9-12-30)24(32)28-22-2-1-3-23(27-22)31-13-15-33-16-14-31/h1-5,18,29H,6-17H2,(H,27,28,32). The fraction of sp³-hybridized carbons (Fsp3) is 0.520. The summed E-state index contributed by atoms with van der Waals surface area (Å²) in [6, 6.07) is 11.5. The van der Waals surface area contributed by atoms with Crippen LogP contribution in [0, 0.1) is 5.41 Å². The smallest absolute Gasteiger partial charge is 0.258 e. The van der Waals surface area contributed by atoms with Gasteiger partial charge in [0.05, 0.1) is 24.5 Å². The molecule has 1 amide bonds. The number of anilines is 4. The van der Waals surface area contributed by atoms with Gasteiger partial charge in [-0.15, -0.1) is 0 Å². The lowest BCUT2D eigenvalue weighted by Crippen LogP contribution is -2.37. The molecule has 3 fully saturated rings. The molecule has 1 spiro atoms. The molecule has 3 heterocycles. The molecule has 1 aromatic carbocycles. The molecule has 2 saturated heterocycles. The van der Waals surface area contributed by atoms with Crippen LogP contribution in [0.15, 0.2) is 36.4 Å². The van der Waals surface area contributed by atoms with Gasteiger partial charge >= 0.3 is 0 Å². The Morgan fingerprint density at radius 1 is 1.06 bits per heavy atom. The zero-order valence-electron chi connectivity index (χ0n) is 19.4. The highest BCUT2D eigenvalue weighted by Crippen LogP contribution is 2.54. The number of nitrogens with one attached hydrogen (secondary N) is 2. The number of rotatable bonds is 8. The first-order chi connectivity index (χ1) is 16.7. The monoisotopic (exact) mass is 485 g/mol. The van der Waals surface area contributed by atoms with E-state index in [-0.39, 0.29) is 12.6 Å². The van der Waals surface area contributed by atoms with E-state index in [1.54, 1.807) is 0 Å². The predicted octanol–water partition coefficient (Wildman–Crippen LogP) is 4.58. The summed E-state index contributed by atoms with van der Waals surface area (Å²) < 4.78 is 21.2. The number of hydrogen-bond donors (Lipinski definition) is 2. The average molecular weight is 486 g/mol. The molecule has 2 aliphatic heterocycles.